The average Bonchev–Trinajstić information content (AvgIpc) is 2.48. The molecule has 1 heterocycles. The summed E-state index contributed by atoms with van der Waals surface area (Å²) in [7, 11) is 0. The first-order valence-electron chi connectivity index (χ1n) is 6.29. The number of rotatable bonds is 3. The predicted molar refractivity (Wildman–Crippen MR) is 76.9 cm³/mol. The van der Waals surface area contributed by atoms with Gasteiger partial charge in [0.1, 0.15) is 0 Å². The fourth-order valence-corrected chi connectivity index (χ4v) is 3.15. The maximum absolute atomic E-state index is 12.1. The molecule has 2 aromatic rings. The Hall–Kier alpha value is -2.07. The van der Waals surface area contributed by atoms with Gasteiger partial charge in [0.2, 0.25) is 0 Å². The summed E-state index contributed by atoms with van der Waals surface area (Å²) in [6.45, 7) is 0. The van der Waals surface area contributed by atoms with E-state index in [-0.39, 0.29) is 18.2 Å². The number of carbonyl (C=O) groups excluding carboxylic acids is 2. The van der Waals surface area contributed by atoms with Gasteiger partial charge >= 0.3 is 5.97 Å². The molecule has 20 heavy (non-hydrogen) atoms. The predicted octanol–water partition coefficient (Wildman–Crippen LogP) is 3.55. The van der Waals surface area contributed by atoms with Gasteiger partial charge in [0, 0.05) is 10.5 Å². The number of benzene rings is 2. The molecule has 0 saturated carbocycles. The zero-order valence-electron chi connectivity index (χ0n) is 10.6. The van der Waals surface area contributed by atoms with E-state index < -0.39 is 5.44 Å². The van der Waals surface area contributed by atoms with Crippen LogP contribution in [0.2, 0.25) is 0 Å². The van der Waals surface area contributed by atoms with Gasteiger partial charge in [-0.1, -0.05) is 54.2 Å². The van der Waals surface area contributed by atoms with Gasteiger partial charge in [-0.15, -0.1) is 0 Å². The summed E-state index contributed by atoms with van der Waals surface area (Å²) >= 11 is 1.42. The van der Waals surface area contributed by atoms with Gasteiger partial charge in [0.25, 0.3) is 0 Å². The Morgan fingerprint density at radius 1 is 1.05 bits per heavy atom. The molecule has 0 fully saturated rings. The van der Waals surface area contributed by atoms with Gasteiger partial charge < -0.3 is 4.74 Å². The topological polar surface area (TPSA) is 43.4 Å². The monoisotopic (exact) mass is 284 g/mol. The van der Waals surface area contributed by atoms with Gasteiger partial charge in [0.05, 0.1) is 12.0 Å². The average molecular weight is 284 g/mol. The summed E-state index contributed by atoms with van der Waals surface area (Å²) in [5.41, 5.74) is 0.758. The molecule has 2 aromatic carbocycles. The zero-order valence-corrected chi connectivity index (χ0v) is 11.4. The van der Waals surface area contributed by atoms with Gasteiger partial charge in [-0.25, -0.2) is 4.79 Å². The number of carbonyl (C=O) groups is 2. The molecule has 1 unspecified atom stereocenters. The van der Waals surface area contributed by atoms with Crippen LogP contribution in [0.3, 0.4) is 0 Å². The number of fused-ring (bicyclic) bond motifs is 1. The van der Waals surface area contributed by atoms with E-state index in [2.05, 4.69) is 0 Å². The van der Waals surface area contributed by atoms with Crippen molar-refractivity contribution < 1.29 is 14.3 Å². The summed E-state index contributed by atoms with van der Waals surface area (Å²) in [6, 6.07) is 16.3. The lowest BCUT2D eigenvalue weighted by molar-refractivity contribution is 0.0428. The van der Waals surface area contributed by atoms with Crippen molar-refractivity contribution >= 4 is 23.5 Å². The Morgan fingerprint density at radius 3 is 2.55 bits per heavy atom. The minimum atomic E-state index is -0.454. The van der Waals surface area contributed by atoms with Crippen molar-refractivity contribution in [3.63, 3.8) is 0 Å². The van der Waals surface area contributed by atoms with Crippen LogP contribution in [0.5, 0.6) is 0 Å². The summed E-state index contributed by atoms with van der Waals surface area (Å²) in [5.74, 6) is -0.375. The Labute approximate surface area is 121 Å². The Kier molecular flexibility index (Phi) is 3.56. The van der Waals surface area contributed by atoms with Crippen molar-refractivity contribution in [1.82, 2.24) is 0 Å². The molecule has 0 aliphatic carbocycles. The minimum Gasteiger partial charge on any atom is -0.447 e. The van der Waals surface area contributed by atoms with E-state index in [1.807, 2.05) is 30.3 Å². The molecule has 0 radical (unpaired) electrons. The summed E-state index contributed by atoms with van der Waals surface area (Å²) < 4.78 is 5.31. The van der Waals surface area contributed by atoms with E-state index in [1.54, 1.807) is 24.3 Å². The Balaban J connectivity index is 1.75. The van der Waals surface area contributed by atoms with Crippen molar-refractivity contribution in [2.45, 2.75) is 16.8 Å². The zero-order chi connectivity index (χ0) is 13.9. The van der Waals surface area contributed by atoms with Crippen LogP contribution in [0.1, 0.15) is 27.1 Å². The highest BCUT2D eigenvalue weighted by Gasteiger charge is 2.28. The van der Waals surface area contributed by atoms with Gasteiger partial charge in [-0.2, -0.15) is 0 Å². The lowest BCUT2D eigenvalue weighted by Gasteiger charge is -2.23. The summed E-state index contributed by atoms with van der Waals surface area (Å²) in [6.07, 6.45) is 0.189. The highest BCUT2D eigenvalue weighted by molar-refractivity contribution is 8.00. The van der Waals surface area contributed by atoms with E-state index in [4.69, 9.17) is 4.74 Å². The summed E-state index contributed by atoms with van der Waals surface area (Å²) in [5, 5.41) is 0. The molecule has 1 aliphatic rings. The third kappa shape index (κ3) is 2.60. The number of cyclic esters (lactones) is 1. The molecule has 3 nitrogen and oxygen atoms in total. The number of hydrogen-bond acceptors (Lipinski definition) is 4. The number of esters is 1. The molecule has 3 rings (SSSR count). The van der Waals surface area contributed by atoms with Crippen LogP contribution in [0, 0.1) is 0 Å². The molecule has 1 aliphatic heterocycles. The summed E-state index contributed by atoms with van der Waals surface area (Å²) in [4.78, 5) is 24.9. The molecule has 0 spiro atoms. The minimum absolute atomic E-state index is 0.0183. The lowest BCUT2D eigenvalue weighted by atomic mass is 10.1. The third-order valence-corrected chi connectivity index (χ3v) is 4.19. The lowest BCUT2D eigenvalue weighted by Crippen LogP contribution is -2.23. The van der Waals surface area contributed by atoms with Gasteiger partial charge in [0.15, 0.2) is 11.2 Å². The molecule has 100 valence electrons. The van der Waals surface area contributed by atoms with Gasteiger partial charge in [-0.05, 0) is 12.1 Å². The first kappa shape index (κ1) is 12.9. The molecular formula is C16H12O3S. The SMILES string of the molecule is O=C(CC1OC(=O)c2ccccc2S1)c1ccccc1. The van der Waals surface area contributed by atoms with Crippen LogP contribution in [0.4, 0.5) is 0 Å². The first-order chi connectivity index (χ1) is 9.74. The van der Waals surface area contributed by atoms with E-state index in [0.29, 0.717) is 11.1 Å². The quantitative estimate of drug-likeness (QED) is 0.638. The smallest absolute Gasteiger partial charge is 0.340 e. The van der Waals surface area contributed by atoms with Gasteiger partial charge in [-0.3, -0.25) is 4.79 Å². The molecule has 0 amide bonds. The van der Waals surface area contributed by atoms with Crippen LogP contribution in [-0.4, -0.2) is 17.2 Å². The van der Waals surface area contributed by atoms with Crippen molar-refractivity contribution in [3.05, 3.63) is 65.7 Å². The fourth-order valence-electron chi connectivity index (χ4n) is 2.06. The Morgan fingerprint density at radius 2 is 1.75 bits per heavy atom. The second-order valence-electron chi connectivity index (χ2n) is 4.44. The molecule has 0 bridgehead atoms. The highest BCUT2D eigenvalue weighted by atomic mass is 32.2. The Bertz CT molecular complexity index is 652. The first-order valence-corrected chi connectivity index (χ1v) is 7.17. The molecule has 1 atom stereocenters. The van der Waals surface area contributed by atoms with Crippen molar-refractivity contribution in [3.8, 4) is 0 Å². The maximum Gasteiger partial charge on any atom is 0.340 e. The van der Waals surface area contributed by atoms with Crippen molar-refractivity contribution in [2.75, 3.05) is 0 Å². The van der Waals surface area contributed by atoms with E-state index in [9.17, 15) is 9.59 Å². The second-order valence-corrected chi connectivity index (χ2v) is 5.64. The van der Waals surface area contributed by atoms with Crippen molar-refractivity contribution in [1.29, 1.82) is 0 Å². The number of thioether (sulfide) groups is 1. The van der Waals surface area contributed by atoms with Crippen LogP contribution >= 0.6 is 11.8 Å². The normalized spacial score (nSPS) is 17.2. The number of Topliss-reactive ketones (excluding diaryl/α,β-unsaturated/α-hetero) is 1. The van der Waals surface area contributed by atoms with E-state index in [1.165, 1.54) is 11.8 Å². The van der Waals surface area contributed by atoms with E-state index in [0.717, 1.165) is 4.90 Å². The van der Waals surface area contributed by atoms with Crippen LogP contribution < -0.4 is 0 Å². The van der Waals surface area contributed by atoms with Crippen LogP contribution in [-0.2, 0) is 4.74 Å². The standard InChI is InChI=1S/C16H12O3S/c17-13(11-6-2-1-3-7-11)10-15-19-16(18)12-8-4-5-9-14(12)20-15/h1-9,15H,10H2. The largest absolute Gasteiger partial charge is 0.447 e. The number of hydrogen-bond donors (Lipinski definition) is 0. The molecule has 4 heteroatoms. The fraction of sp³-hybridized carbons (Fsp3) is 0.125. The maximum atomic E-state index is 12.1. The molecule has 0 saturated heterocycles. The third-order valence-electron chi connectivity index (χ3n) is 3.05. The second kappa shape index (κ2) is 5.51. The molecule has 0 N–H and O–H groups in total. The number of ketones is 1. The number of ether oxygens (including phenoxy) is 1. The molecular weight excluding hydrogens is 272 g/mol. The highest BCUT2D eigenvalue weighted by Crippen LogP contribution is 2.35. The van der Waals surface area contributed by atoms with Crippen LogP contribution in [0.25, 0.3) is 0 Å². The van der Waals surface area contributed by atoms with E-state index >= 15 is 0 Å². The van der Waals surface area contributed by atoms with Crippen LogP contribution in [0.15, 0.2) is 59.5 Å². The van der Waals surface area contributed by atoms with Crippen molar-refractivity contribution in [2.24, 2.45) is 0 Å². The molecule has 0 aromatic heterocycles.